The first-order chi connectivity index (χ1) is 8.04. The molecule has 0 fully saturated rings. The molecule has 2 nitrogen and oxygen atoms in total. The highest BCUT2D eigenvalue weighted by Gasteiger charge is 2.02. The van der Waals surface area contributed by atoms with Gasteiger partial charge in [-0.25, -0.2) is 4.39 Å². The highest BCUT2D eigenvalue weighted by Crippen LogP contribution is 2.24. The fourth-order valence-corrected chi connectivity index (χ4v) is 1.81. The van der Waals surface area contributed by atoms with Crippen molar-refractivity contribution in [1.82, 2.24) is 0 Å². The van der Waals surface area contributed by atoms with E-state index in [-0.39, 0.29) is 5.02 Å². The number of nitrogens with one attached hydrogen (secondary N) is 1. The molecule has 0 aromatic heterocycles. The van der Waals surface area contributed by atoms with E-state index in [1.807, 2.05) is 25.1 Å². The Kier molecular flexibility index (Phi) is 3.20. The van der Waals surface area contributed by atoms with Gasteiger partial charge >= 0.3 is 0 Å². The zero-order valence-electron chi connectivity index (χ0n) is 9.30. The van der Waals surface area contributed by atoms with Gasteiger partial charge in [-0.3, -0.25) is 0 Å². The van der Waals surface area contributed by atoms with Gasteiger partial charge in [0.15, 0.2) is 0 Å². The highest BCUT2D eigenvalue weighted by molar-refractivity contribution is 6.31. The van der Waals surface area contributed by atoms with Crippen LogP contribution in [0.3, 0.4) is 0 Å². The van der Waals surface area contributed by atoms with Gasteiger partial charge < -0.3 is 11.1 Å². The van der Waals surface area contributed by atoms with Crippen LogP contribution in [0.1, 0.15) is 5.56 Å². The first-order valence-corrected chi connectivity index (χ1v) is 5.51. The minimum atomic E-state index is -0.430. The van der Waals surface area contributed by atoms with E-state index in [1.165, 1.54) is 12.1 Å². The zero-order chi connectivity index (χ0) is 12.4. The number of benzene rings is 2. The standard InChI is InChI=1S/C13H12ClFN2/c1-8-4-9(16)6-11(5-8)17-10-2-3-13(15)12(14)7-10/h2-7,17H,16H2,1H3. The lowest BCUT2D eigenvalue weighted by Crippen LogP contribution is -1.94. The van der Waals surface area contributed by atoms with E-state index in [1.54, 1.807) is 6.07 Å². The van der Waals surface area contributed by atoms with Crippen LogP contribution in [-0.4, -0.2) is 0 Å². The van der Waals surface area contributed by atoms with Crippen LogP contribution in [0.4, 0.5) is 21.5 Å². The number of rotatable bonds is 2. The molecule has 0 heterocycles. The van der Waals surface area contributed by atoms with Gasteiger partial charge in [-0.2, -0.15) is 0 Å². The maximum Gasteiger partial charge on any atom is 0.141 e. The van der Waals surface area contributed by atoms with Crippen molar-refractivity contribution in [1.29, 1.82) is 0 Å². The SMILES string of the molecule is Cc1cc(N)cc(Nc2ccc(F)c(Cl)c2)c1. The average molecular weight is 251 g/mol. The van der Waals surface area contributed by atoms with Gasteiger partial charge in [-0.1, -0.05) is 11.6 Å². The molecule has 3 N–H and O–H groups in total. The van der Waals surface area contributed by atoms with Gasteiger partial charge in [0, 0.05) is 17.1 Å². The van der Waals surface area contributed by atoms with Crippen molar-refractivity contribution in [3.05, 3.63) is 52.8 Å². The average Bonchev–Trinajstić information content (AvgIpc) is 2.22. The van der Waals surface area contributed by atoms with Crippen molar-refractivity contribution in [3.63, 3.8) is 0 Å². The molecule has 0 atom stereocenters. The number of hydrogen-bond donors (Lipinski definition) is 2. The smallest absolute Gasteiger partial charge is 0.141 e. The van der Waals surface area contributed by atoms with Gasteiger partial charge in [-0.15, -0.1) is 0 Å². The third-order valence-corrected chi connectivity index (χ3v) is 2.60. The summed E-state index contributed by atoms with van der Waals surface area (Å²) in [6.45, 7) is 1.96. The number of anilines is 3. The van der Waals surface area contributed by atoms with E-state index in [0.717, 1.165) is 16.9 Å². The number of aryl methyl sites for hydroxylation is 1. The van der Waals surface area contributed by atoms with Crippen LogP contribution in [-0.2, 0) is 0 Å². The molecule has 0 spiro atoms. The van der Waals surface area contributed by atoms with E-state index in [2.05, 4.69) is 5.32 Å². The lowest BCUT2D eigenvalue weighted by atomic mass is 10.2. The van der Waals surface area contributed by atoms with E-state index < -0.39 is 5.82 Å². The molecule has 0 unspecified atom stereocenters. The van der Waals surface area contributed by atoms with Crippen LogP contribution in [0.2, 0.25) is 5.02 Å². The number of halogens is 2. The molecule has 17 heavy (non-hydrogen) atoms. The summed E-state index contributed by atoms with van der Waals surface area (Å²) >= 11 is 5.70. The Hall–Kier alpha value is -1.74. The normalized spacial score (nSPS) is 10.3. The van der Waals surface area contributed by atoms with Gasteiger partial charge in [-0.05, 0) is 48.9 Å². The summed E-state index contributed by atoms with van der Waals surface area (Å²) in [5.74, 6) is -0.430. The highest BCUT2D eigenvalue weighted by atomic mass is 35.5. The monoisotopic (exact) mass is 250 g/mol. The van der Waals surface area contributed by atoms with Crippen molar-refractivity contribution < 1.29 is 4.39 Å². The lowest BCUT2D eigenvalue weighted by molar-refractivity contribution is 0.628. The summed E-state index contributed by atoms with van der Waals surface area (Å²) in [7, 11) is 0. The van der Waals surface area contributed by atoms with Gasteiger partial charge in [0.2, 0.25) is 0 Å². The Bertz CT molecular complexity index is 535. The predicted octanol–water partition coefficient (Wildman–Crippen LogP) is 4.11. The maximum atomic E-state index is 13.0. The van der Waals surface area contributed by atoms with Crippen molar-refractivity contribution in [2.75, 3.05) is 11.1 Å². The largest absolute Gasteiger partial charge is 0.399 e. The summed E-state index contributed by atoms with van der Waals surface area (Å²) < 4.78 is 13.0. The molecule has 2 rings (SSSR count). The summed E-state index contributed by atoms with van der Waals surface area (Å²) in [6, 6.07) is 10.1. The van der Waals surface area contributed by atoms with Gasteiger partial charge in [0.1, 0.15) is 5.82 Å². The summed E-state index contributed by atoms with van der Waals surface area (Å²) in [5, 5.41) is 3.22. The molecule has 0 aliphatic heterocycles. The van der Waals surface area contributed by atoms with Crippen molar-refractivity contribution in [2.45, 2.75) is 6.92 Å². The predicted molar refractivity (Wildman–Crippen MR) is 70.3 cm³/mol. The van der Waals surface area contributed by atoms with Crippen molar-refractivity contribution >= 4 is 28.7 Å². The Morgan fingerprint density at radius 3 is 2.53 bits per heavy atom. The molecular formula is C13H12ClFN2. The van der Waals surface area contributed by atoms with Crippen LogP contribution >= 0.6 is 11.6 Å². The molecule has 0 radical (unpaired) electrons. The van der Waals surface area contributed by atoms with Crippen LogP contribution in [0.5, 0.6) is 0 Å². The second kappa shape index (κ2) is 4.63. The van der Waals surface area contributed by atoms with Gasteiger partial charge in [0.05, 0.1) is 5.02 Å². The quantitative estimate of drug-likeness (QED) is 0.787. The summed E-state index contributed by atoms with van der Waals surface area (Å²) in [5.41, 5.74) is 9.05. The molecule has 0 aliphatic carbocycles. The fourth-order valence-electron chi connectivity index (χ4n) is 1.63. The molecule has 0 bridgehead atoms. The summed E-state index contributed by atoms with van der Waals surface area (Å²) in [4.78, 5) is 0. The van der Waals surface area contributed by atoms with Crippen LogP contribution in [0.15, 0.2) is 36.4 Å². The second-order valence-corrected chi connectivity index (χ2v) is 4.29. The van der Waals surface area contributed by atoms with Crippen LogP contribution in [0, 0.1) is 12.7 Å². The molecule has 4 heteroatoms. The van der Waals surface area contributed by atoms with E-state index in [0.29, 0.717) is 5.69 Å². The number of nitrogens with two attached hydrogens (primary N) is 1. The minimum absolute atomic E-state index is 0.0932. The molecule has 2 aromatic rings. The fraction of sp³-hybridized carbons (Fsp3) is 0.0769. The summed E-state index contributed by atoms with van der Waals surface area (Å²) in [6.07, 6.45) is 0. The Morgan fingerprint density at radius 2 is 1.88 bits per heavy atom. The number of hydrogen-bond acceptors (Lipinski definition) is 2. The second-order valence-electron chi connectivity index (χ2n) is 3.89. The maximum absolute atomic E-state index is 13.0. The Morgan fingerprint density at radius 1 is 1.12 bits per heavy atom. The molecule has 0 amide bonds. The van der Waals surface area contributed by atoms with Crippen molar-refractivity contribution in [2.24, 2.45) is 0 Å². The lowest BCUT2D eigenvalue weighted by Gasteiger charge is -2.09. The van der Waals surface area contributed by atoms with E-state index in [4.69, 9.17) is 17.3 Å². The molecule has 0 saturated carbocycles. The van der Waals surface area contributed by atoms with Gasteiger partial charge in [0.25, 0.3) is 0 Å². The Labute approximate surface area is 104 Å². The van der Waals surface area contributed by atoms with Crippen molar-refractivity contribution in [3.8, 4) is 0 Å². The molecule has 88 valence electrons. The first-order valence-electron chi connectivity index (χ1n) is 5.14. The first kappa shape index (κ1) is 11.7. The van der Waals surface area contributed by atoms with Crippen LogP contribution in [0.25, 0.3) is 0 Å². The third-order valence-electron chi connectivity index (χ3n) is 2.31. The van der Waals surface area contributed by atoms with E-state index >= 15 is 0 Å². The minimum Gasteiger partial charge on any atom is -0.399 e. The zero-order valence-corrected chi connectivity index (χ0v) is 10.1. The van der Waals surface area contributed by atoms with Crippen LogP contribution < -0.4 is 11.1 Å². The molecule has 0 saturated heterocycles. The van der Waals surface area contributed by atoms with E-state index in [9.17, 15) is 4.39 Å². The molecule has 2 aromatic carbocycles. The Balaban J connectivity index is 2.28. The topological polar surface area (TPSA) is 38.0 Å². The molecule has 0 aliphatic rings. The number of nitrogen functional groups attached to an aromatic ring is 1. The molecular weight excluding hydrogens is 239 g/mol. The third kappa shape index (κ3) is 2.88.